The summed E-state index contributed by atoms with van der Waals surface area (Å²) in [6.45, 7) is 1.85. The molecule has 0 radical (unpaired) electrons. The van der Waals surface area contributed by atoms with E-state index in [-0.39, 0.29) is 29.7 Å². The molecule has 1 aromatic heterocycles. The van der Waals surface area contributed by atoms with E-state index in [1.54, 1.807) is 6.92 Å². The Balaban J connectivity index is 3.39. The van der Waals surface area contributed by atoms with Crippen molar-refractivity contribution in [1.82, 2.24) is 9.78 Å². The highest BCUT2D eigenvalue weighted by Crippen LogP contribution is 2.25. The van der Waals surface area contributed by atoms with Crippen LogP contribution in [0.1, 0.15) is 27.9 Å². The Kier molecular flexibility index (Phi) is 6.01. The number of hydrogen-bond donors (Lipinski definition) is 2. The van der Waals surface area contributed by atoms with Gasteiger partial charge in [0.05, 0.1) is 19.8 Å². The number of aromatic nitrogens is 2. The molecule has 0 aliphatic carbocycles. The largest absolute Gasteiger partial charge is 0.476 e. The van der Waals surface area contributed by atoms with Crippen molar-refractivity contribution in [3.8, 4) is 0 Å². The van der Waals surface area contributed by atoms with Crippen LogP contribution in [-0.2, 0) is 19.1 Å². The Labute approximate surface area is 125 Å². The van der Waals surface area contributed by atoms with Crippen molar-refractivity contribution in [3.05, 3.63) is 11.4 Å². The highest BCUT2D eigenvalue weighted by atomic mass is 127. The fourth-order valence-electron chi connectivity index (χ4n) is 1.50. The lowest BCUT2D eigenvalue weighted by Crippen LogP contribution is -2.20. The van der Waals surface area contributed by atoms with Crippen LogP contribution >= 0.6 is 21.5 Å². The third-order valence-corrected chi connectivity index (χ3v) is 3.26. The summed E-state index contributed by atoms with van der Waals surface area (Å²) in [5.74, 6) is -2.10. The first kappa shape index (κ1) is 16.5. The molecule has 2 N–H and O–H groups in total. The molecule has 112 valence electrons. The van der Waals surface area contributed by atoms with E-state index < -0.39 is 33.4 Å². The normalized spacial score (nSPS) is 11.9. The third kappa shape index (κ3) is 3.50. The maximum atomic E-state index is 11.6. The summed E-state index contributed by atoms with van der Waals surface area (Å²) >= 11 is -1.73. The van der Waals surface area contributed by atoms with Gasteiger partial charge in [-0.15, -0.1) is 0 Å². The molecule has 0 aliphatic heterocycles. The van der Waals surface area contributed by atoms with Crippen molar-refractivity contribution in [2.45, 2.75) is 19.6 Å². The van der Waals surface area contributed by atoms with E-state index >= 15 is 0 Å². The van der Waals surface area contributed by atoms with Gasteiger partial charge in [0.1, 0.15) is 5.69 Å². The first-order valence-electron chi connectivity index (χ1n) is 5.43. The highest BCUT2D eigenvalue weighted by molar-refractivity contribution is 14.1. The number of methoxy groups -OCH3 is 2. The van der Waals surface area contributed by atoms with Gasteiger partial charge in [-0.05, 0) is 6.92 Å². The zero-order valence-electron chi connectivity index (χ0n) is 11.0. The molecule has 0 unspecified atom stereocenters. The number of esters is 1. The number of halogens is 1. The van der Waals surface area contributed by atoms with Crippen LogP contribution in [0.25, 0.3) is 0 Å². The molecule has 0 saturated carbocycles. The number of carbonyl (C=O) groups is 2. The molecule has 0 saturated heterocycles. The summed E-state index contributed by atoms with van der Waals surface area (Å²) < 4.78 is 23.9. The van der Waals surface area contributed by atoms with Gasteiger partial charge < -0.3 is 14.6 Å². The van der Waals surface area contributed by atoms with Crippen molar-refractivity contribution in [2.24, 2.45) is 0 Å². The summed E-state index contributed by atoms with van der Waals surface area (Å²) in [5.41, 5.74) is -0.580. The second-order valence-electron chi connectivity index (χ2n) is 3.77. The Hall–Kier alpha value is -1.56. The number of aromatic carboxylic acids is 1. The van der Waals surface area contributed by atoms with Gasteiger partial charge >= 0.3 is 11.9 Å². The summed E-state index contributed by atoms with van der Waals surface area (Å²) in [7, 11) is 2.62. The molecular weight excluding hydrogens is 385 g/mol. The summed E-state index contributed by atoms with van der Waals surface area (Å²) in [5, 5.41) is 13.1. The molecule has 1 aromatic rings. The predicted molar refractivity (Wildman–Crippen MR) is 75.3 cm³/mol. The number of hydrogen-bond acceptors (Lipinski definition) is 6. The second kappa shape index (κ2) is 7.28. The Morgan fingerprint density at radius 2 is 2.15 bits per heavy atom. The van der Waals surface area contributed by atoms with Gasteiger partial charge in [0.25, 0.3) is 21.5 Å². The fourth-order valence-corrected chi connectivity index (χ4v) is 2.23. The van der Waals surface area contributed by atoms with Crippen LogP contribution < -0.4 is 3.53 Å². The van der Waals surface area contributed by atoms with Crippen LogP contribution in [0.15, 0.2) is 0 Å². The van der Waals surface area contributed by atoms with Crippen LogP contribution in [-0.4, -0.2) is 47.1 Å². The van der Waals surface area contributed by atoms with E-state index in [2.05, 4.69) is 13.4 Å². The maximum absolute atomic E-state index is 11.6. The van der Waals surface area contributed by atoms with Crippen LogP contribution in [0.5, 0.6) is 0 Å². The van der Waals surface area contributed by atoms with Crippen molar-refractivity contribution < 1.29 is 27.2 Å². The zero-order valence-corrected chi connectivity index (χ0v) is 13.2. The number of rotatable bonds is 7. The molecule has 0 aliphatic rings. The van der Waals surface area contributed by atoms with E-state index in [1.807, 2.05) is 0 Å². The number of carboxylic acid groups (broad SMARTS) is 1. The minimum Gasteiger partial charge on any atom is -0.476 e. The lowest BCUT2D eigenvalue weighted by atomic mass is 10.3. The van der Waals surface area contributed by atoms with Gasteiger partial charge in [-0.1, -0.05) is 0 Å². The number of carbonyl (C=O) groups excluding carboxylic acids is 1. The molecule has 1 rings (SSSR count). The number of anilines is 1. The maximum Gasteiger partial charge on any atom is 0.360 e. The van der Waals surface area contributed by atoms with Gasteiger partial charge in [0, 0.05) is 7.11 Å². The molecule has 10 heteroatoms. The number of ether oxygens (including phenoxy) is 2. The summed E-state index contributed by atoms with van der Waals surface area (Å²) in [6.07, 6.45) is -0.312. The molecule has 0 amide bonds. The van der Waals surface area contributed by atoms with E-state index in [1.165, 1.54) is 7.11 Å². The number of nitrogens with one attached hydrogen (secondary N) is 1. The van der Waals surface area contributed by atoms with Crippen LogP contribution in [0, 0.1) is 0 Å². The number of carboxylic acids is 1. The Morgan fingerprint density at radius 1 is 1.50 bits per heavy atom. The Bertz CT molecular complexity index is 529. The standard InChI is InChI=1S/C10H14IN3O6/c1-5(19-2)4-14-8(9(15)16)6(12-11-18)7(13-14)10(17)20-3/h5H,4H2,1-3H3,(H,12,18)(H,15,16)/t5-/m0/s1. The lowest BCUT2D eigenvalue weighted by molar-refractivity contribution is 0.0588. The van der Waals surface area contributed by atoms with Gasteiger partial charge in [0.2, 0.25) is 0 Å². The third-order valence-electron chi connectivity index (χ3n) is 2.50. The van der Waals surface area contributed by atoms with E-state index in [0.29, 0.717) is 0 Å². The van der Waals surface area contributed by atoms with Crippen LogP contribution in [0.4, 0.5) is 5.69 Å². The van der Waals surface area contributed by atoms with Gasteiger partial charge in [-0.2, -0.15) is 5.10 Å². The van der Waals surface area contributed by atoms with E-state index in [9.17, 15) is 17.8 Å². The molecule has 1 heterocycles. The smallest absolute Gasteiger partial charge is 0.360 e. The quantitative estimate of drug-likeness (QED) is 0.397. The first-order valence-corrected chi connectivity index (χ1v) is 7.39. The molecular formula is C10H14IN3O6. The van der Waals surface area contributed by atoms with Gasteiger partial charge in [0.15, 0.2) is 11.4 Å². The molecule has 0 bridgehead atoms. The fraction of sp³-hybridized carbons (Fsp3) is 0.500. The molecule has 20 heavy (non-hydrogen) atoms. The number of nitrogens with zero attached hydrogens (tertiary/aromatic N) is 2. The van der Waals surface area contributed by atoms with E-state index in [0.717, 1.165) is 11.8 Å². The summed E-state index contributed by atoms with van der Waals surface area (Å²) in [4.78, 5) is 22.9. The second-order valence-corrected chi connectivity index (χ2v) is 4.75. The average molecular weight is 399 g/mol. The molecule has 0 fully saturated rings. The zero-order chi connectivity index (χ0) is 15.3. The van der Waals surface area contributed by atoms with E-state index in [4.69, 9.17) is 4.74 Å². The molecule has 0 aromatic carbocycles. The molecule has 1 atom stereocenters. The van der Waals surface area contributed by atoms with Crippen LogP contribution in [0.3, 0.4) is 0 Å². The molecule has 9 nitrogen and oxygen atoms in total. The summed E-state index contributed by atoms with van der Waals surface area (Å²) in [6, 6.07) is 0. The minimum absolute atomic E-state index is 0.101. The van der Waals surface area contributed by atoms with Gasteiger partial charge in [-0.3, -0.25) is 8.21 Å². The monoisotopic (exact) mass is 399 g/mol. The highest BCUT2D eigenvalue weighted by Gasteiger charge is 2.28. The molecule has 0 spiro atoms. The first-order chi connectivity index (χ1) is 9.46. The van der Waals surface area contributed by atoms with Gasteiger partial charge in [-0.25, -0.2) is 12.7 Å². The van der Waals surface area contributed by atoms with Crippen molar-refractivity contribution in [2.75, 3.05) is 17.7 Å². The SMILES string of the molecule is COC(=O)c1nn(C[C@H](C)OC)c(C(=O)O)c1NI=O. The van der Waals surface area contributed by atoms with Crippen molar-refractivity contribution in [1.29, 1.82) is 0 Å². The topological polar surface area (TPSA) is 120 Å². The van der Waals surface area contributed by atoms with Crippen molar-refractivity contribution in [3.63, 3.8) is 0 Å². The average Bonchev–Trinajstić information content (AvgIpc) is 2.76. The predicted octanol–water partition coefficient (Wildman–Crippen LogP) is 1.05. The van der Waals surface area contributed by atoms with Crippen LogP contribution in [0.2, 0.25) is 0 Å². The lowest BCUT2D eigenvalue weighted by Gasteiger charge is -2.10. The Morgan fingerprint density at radius 3 is 2.60 bits per heavy atom. The minimum atomic E-state index is -1.73. The van der Waals surface area contributed by atoms with Crippen molar-refractivity contribution >= 4 is 39.1 Å².